The maximum absolute atomic E-state index is 12.3. The lowest BCUT2D eigenvalue weighted by Gasteiger charge is -2.31. The van der Waals surface area contributed by atoms with Gasteiger partial charge in [0.25, 0.3) is 5.91 Å². The van der Waals surface area contributed by atoms with E-state index >= 15 is 0 Å². The number of nitrogens with one attached hydrogen (secondary N) is 1. The van der Waals surface area contributed by atoms with Crippen molar-refractivity contribution in [1.29, 1.82) is 0 Å². The molecule has 0 aromatic carbocycles. The van der Waals surface area contributed by atoms with E-state index in [1.165, 1.54) is 19.1 Å². The first-order valence-corrected chi connectivity index (χ1v) is 6.12. The van der Waals surface area contributed by atoms with Gasteiger partial charge in [0.05, 0.1) is 5.56 Å². The Morgan fingerprint density at radius 2 is 2.11 bits per heavy atom. The molecule has 19 heavy (non-hydrogen) atoms. The minimum atomic E-state index is -0.753. The van der Waals surface area contributed by atoms with Gasteiger partial charge in [-0.05, 0) is 19.1 Å². The lowest BCUT2D eigenvalue weighted by molar-refractivity contribution is -0.138. The zero-order valence-electron chi connectivity index (χ0n) is 9.81. The quantitative estimate of drug-likeness (QED) is 0.617. The summed E-state index contributed by atoms with van der Waals surface area (Å²) in [7, 11) is 0. The topological polar surface area (TPSA) is 79.4 Å². The van der Waals surface area contributed by atoms with Crippen LogP contribution in [0.3, 0.4) is 0 Å². The summed E-state index contributed by atoms with van der Waals surface area (Å²) in [5.41, 5.74) is 0.0976. The number of hydrogen-bond donors (Lipinski definition) is 1. The van der Waals surface area contributed by atoms with Gasteiger partial charge in [0.1, 0.15) is 22.9 Å². The molecule has 1 N–H and O–H groups in total. The van der Waals surface area contributed by atoms with Crippen molar-refractivity contribution >= 4 is 40.9 Å². The minimum absolute atomic E-state index is 0.0665. The Morgan fingerprint density at radius 1 is 1.42 bits per heavy atom. The third kappa shape index (κ3) is 2.69. The molecule has 2 rings (SSSR count). The van der Waals surface area contributed by atoms with Crippen LogP contribution in [0.5, 0.6) is 0 Å². The van der Waals surface area contributed by atoms with Crippen molar-refractivity contribution in [2.75, 3.05) is 6.54 Å². The molecule has 1 aromatic rings. The highest BCUT2D eigenvalue weighted by Crippen LogP contribution is 2.20. The molecule has 1 atom stereocenters. The van der Waals surface area contributed by atoms with E-state index in [0.717, 1.165) is 4.90 Å². The standard InChI is InChI=1S/C11H9Cl2N3O3/c1-5-10(18)15-8(17)4-16(5)11(19)6-2-3-7(12)14-9(6)13/h2-3,5H,4H2,1H3,(H,15,17,18). The van der Waals surface area contributed by atoms with Gasteiger partial charge >= 0.3 is 0 Å². The van der Waals surface area contributed by atoms with E-state index in [1.54, 1.807) is 0 Å². The van der Waals surface area contributed by atoms with Gasteiger partial charge in [-0.15, -0.1) is 0 Å². The van der Waals surface area contributed by atoms with Crippen LogP contribution in [-0.4, -0.2) is 40.2 Å². The summed E-state index contributed by atoms with van der Waals surface area (Å²) in [5, 5.41) is 2.24. The molecule has 1 aliphatic heterocycles. The first-order chi connectivity index (χ1) is 8.90. The van der Waals surface area contributed by atoms with Crippen LogP contribution in [0.2, 0.25) is 10.3 Å². The first kappa shape index (κ1) is 13.8. The molecule has 6 nitrogen and oxygen atoms in total. The molecule has 3 amide bonds. The lowest BCUT2D eigenvalue weighted by atomic mass is 10.1. The fourth-order valence-corrected chi connectivity index (χ4v) is 2.11. The summed E-state index contributed by atoms with van der Waals surface area (Å²) in [6, 6.07) is 2.07. The summed E-state index contributed by atoms with van der Waals surface area (Å²) in [6.07, 6.45) is 0. The molecule has 2 heterocycles. The SMILES string of the molecule is CC1C(=O)NC(=O)CN1C(=O)c1ccc(Cl)nc1Cl. The molecule has 1 fully saturated rings. The highest BCUT2D eigenvalue weighted by molar-refractivity contribution is 6.34. The molecule has 0 bridgehead atoms. The van der Waals surface area contributed by atoms with Crippen LogP contribution in [0.1, 0.15) is 17.3 Å². The van der Waals surface area contributed by atoms with E-state index in [4.69, 9.17) is 23.2 Å². The van der Waals surface area contributed by atoms with Crippen molar-refractivity contribution in [1.82, 2.24) is 15.2 Å². The lowest BCUT2D eigenvalue weighted by Crippen LogP contribution is -2.58. The molecule has 100 valence electrons. The maximum Gasteiger partial charge on any atom is 0.258 e. The van der Waals surface area contributed by atoms with E-state index in [9.17, 15) is 14.4 Å². The average molecular weight is 302 g/mol. The number of piperazine rings is 1. The van der Waals surface area contributed by atoms with E-state index in [-0.39, 0.29) is 22.4 Å². The highest BCUT2D eigenvalue weighted by Gasteiger charge is 2.34. The van der Waals surface area contributed by atoms with Gasteiger partial charge < -0.3 is 4.90 Å². The second kappa shape index (κ2) is 5.14. The summed E-state index contributed by atoms with van der Waals surface area (Å²) in [4.78, 5) is 39.9. The van der Waals surface area contributed by atoms with Gasteiger partial charge in [0, 0.05) is 0 Å². The van der Waals surface area contributed by atoms with Gasteiger partial charge in [-0.25, -0.2) is 4.98 Å². The molecule has 0 aliphatic carbocycles. The Labute approximate surface area is 118 Å². The summed E-state index contributed by atoms with van der Waals surface area (Å²) in [6.45, 7) is 1.32. The van der Waals surface area contributed by atoms with Crippen LogP contribution in [0.15, 0.2) is 12.1 Å². The Hall–Kier alpha value is -1.66. The summed E-state index contributed by atoms with van der Waals surface area (Å²) < 4.78 is 0. The number of halogens is 2. The summed E-state index contributed by atoms with van der Waals surface area (Å²) >= 11 is 11.5. The van der Waals surface area contributed by atoms with Crippen molar-refractivity contribution < 1.29 is 14.4 Å². The van der Waals surface area contributed by atoms with E-state index in [2.05, 4.69) is 10.3 Å². The Balaban J connectivity index is 2.32. The fourth-order valence-electron chi connectivity index (χ4n) is 1.69. The number of pyridine rings is 1. The van der Waals surface area contributed by atoms with Crippen LogP contribution >= 0.6 is 23.2 Å². The zero-order valence-corrected chi connectivity index (χ0v) is 11.3. The first-order valence-electron chi connectivity index (χ1n) is 5.37. The molecule has 8 heteroatoms. The van der Waals surface area contributed by atoms with Crippen molar-refractivity contribution in [3.05, 3.63) is 28.0 Å². The summed E-state index contributed by atoms with van der Waals surface area (Å²) in [5.74, 6) is -1.60. The molecule has 0 saturated carbocycles. The van der Waals surface area contributed by atoms with Crippen LogP contribution in [0.25, 0.3) is 0 Å². The maximum atomic E-state index is 12.3. The van der Waals surface area contributed by atoms with Gasteiger partial charge in [-0.3, -0.25) is 19.7 Å². The number of hydrogen-bond acceptors (Lipinski definition) is 4. The number of rotatable bonds is 1. The minimum Gasteiger partial charge on any atom is -0.317 e. The Kier molecular flexibility index (Phi) is 3.73. The Morgan fingerprint density at radius 3 is 2.74 bits per heavy atom. The van der Waals surface area contributed by atoms with Crippen LogP contribution in [0.4, 0.5) is 0 Å². The van der Waals surface area contributed by atoms with Crippen molar-refractivity contribution in [2.24, 2.45) is 0 Å². The third-order valence-electron chi connectivity index (χ3n) is 2.73. The van der Waals surface area contributed by atoms with Gasteiger partial charge in [-0.1, -0.05) is 23.2 Å². The molecule has 1 unspecified atom stereocenters. The number of carbonyl (C=O) groups is 3. The van der Waals surface area contributed by atoms with Crippen molar-refractivity contribution in [3.8, 4) is 0 Å². The largest absolute Gasteiger partial charge is 0.317 e. The number of amides is 3. The second-order valence-electron chi connectivity index (χ2n) is 3.99. The molecule has 0 spiro atoms. The second-order valence-corrected chi connectivity index (χ2v) is 4.74. The molecule has 1 aromatic heterocycles. The predicted octanol–water partition coefficient (Wildman–Crippen LogP) is 0.875. The number of aromatic nitrogens is 1. The predicted molar refractivity (Wildman–Crippen MR) is 67.9 cm³/mol. The smallest absolute Gasteiger partial charge is 0.258 e. The third-order valence-corrected chi connectivity index (χ3v) is 3.23. The molecular formula is C11H9Cl2N3O3. The highest BCUT2D eigenvalue weighted by atomic mass is 35.5. The van der Waals surface area contributed by atoms with Crippen LogP contribution in [-0.2, 0) is 9.59 Å². The van der Waals surface area contributed by atoms with Crippen molar-refractivity contribution in [3.63, 3.8) is 0 Å². The van der Waals surface area contributed by atoms with Gasteiger partial charge in [0.2, 0.25) is 11.8 Å². The van der Waals surface area contributed by atoms with Crippen molar-refractivity contribution in [2.45, 2.75) is 13.0 Å². The van der Waals surface area contributed by atoms with E-state index in [1.807, 2.05) is 0 Å². The van der Waals surface area contributed by atoms with E-state index in [0.29, 0.717) is 0 Å². The Bertz CT molecular complexity index is 576. The molecule has 0 radical (unpaired) electrons. The number of nitrogens with zero attached hydrogens (tertiary/aromatic N) is 2. The van der Waals surface area contributed by atoms with Gasteiger partial charge in [0.15, 0.2) is 0 Å². The van der Waals surface area contributed by atoms with Crippen LogP contribution < -0.4 is 5.32 Å². The number of carbonyl (C=O) groups excluding carboxylic acids is 3. The van der Waals surface area contributed by atoms with E-state index < -0.39 is 23.8 Å². The molecule has 1 aliphatic rings. The molecular weight excluding hydrogens is 293 g/mol. The molecule has 1 saturated heterocycles. The van der Waals surface area contributed by atoms with Gasteiger partial charge in [-0.2, -0.15) is 0 Å². The monoisotopic (exact) mass is 301 g/mol. The average Bonchev–Trinajstić information content (AvgIpc) is 2.33. The fraction of sp³-hybridized carbons (Fsp3) is 0.273. The number of imide groups is 1. The normalized spacial score (nSPS) is 19.3. The zero-order chi connectivity index (χ0) is 14.2. The van der Waals surface area contributed by atoms with Crippen LogP contribution in [0, 0.1) is 0 Å².